The van der Waals surface area contributed by atoms with Gasteiger partial charge in [0.15, 0.2) is 0 Å². The van der Waals surface area contributed by atoms with E-state index < -0.39 is 7.29 Å². The van der Waals surface area contributed by atoms with Crippen LogP contribution in [0.25, 0.3) is 0 Å². The van der Waals surface area contributed by atoms with E-state index in [1.165, 1.54) is 0 Å². The second-order valence-electron chi connectivity index (χ2n) is 6.68. The van der Waals surface area contributed by atoms with E-state index in [0.29, 0.717) is 5.02 Å². The Bertz CT molecular complexity index is 836. The zero-order valence-corrected chi connectivity index (χ0v) is 16.6. The Kier molecular flexibility index (Phi) is 5.98. The first-order valence-corrected chi connectivity index (χ1v) is 10.8. The summed E-state index contributed by atoms with van der Waals surface area (Å²) in [6.07, 6.45) is 0. The average molecular weight is 384 g/mol. The highest BCUT2D eigenvalue weighted by molar-refractivity contribution is 7.76. The summed E-state index contributed by atoms with van der Waals surface area (Å²) in [5.74, 6) is 0.261. The predicted molar refractivity (Wildman–Crippen MR) is 112 cm³/mol. The molecule has 3 aromatic carbocycles. The maximum atomic E-state index is 14.2. The number of hydrogen-bond donors (Lipinski definition) is 1. The molecule has 0 aromatic heterocycles. The molecule has 0 fully saturated rings. The van der Waals surface area contributed by atoms with Gasteiger partial charge in [-0.1, -0.05) is 74.0 Å². The van der Waals surface area contributed by atoms with Gasteiger partial charge in [-0.25, -0.2) is 0 Å². The molecule has 134 valence electrons. The Labute approximate surface area is 160 Å². The minimum Gasteiger partial charge on any atom is -0.297 e. The lowest BCUT2D eigenvalue weighted by molar-refractivity contribution is 0.468. The van der Waals surface area contributed by atoms with Gasteiger partial charge in [-0.05, 0) is 47.9 Å². The molecule has 4 heteroatoms. The summed E-state index contributed by atoms with van der Waals surface area (Å²) in [5, 5.41) is 5.83. The van der Waals surface area contributed by atoms with Crippen LogP contribution in [0.4, 0.5) is 0 Å². The summed E-state index contributed by atoms with van der Waals surface area (Å²) in [5.41, 5.74) is 1.08. The van der Waals surface area contributed by atoms with Crippen molar-refractivity contribution in [1.82, 2.24) is 5.09 Å². The van der Waals surface area contributed by atoms with Gasteiger partial charge >= 0.3 is 0 Å². The smallest absolute Gasteiger partial charge is 0.205 e. The third-order valence-electron chi connectivity index (χ3n) is 4.46. The van der Waals surface area contributed by atoms with Gasteiger partial charge < -0.3 is 0 Å². The van der Waals surface area contributed by atoms with E-state index in [4.69, 9.17) is 11.6 Å². The predicted octanol–water partition coefficient (Wildman–Crippen LogP) is 5.56. The molecule has 0 saturated carbocycles. The maximum absolute atomic E-state index is 14.2. The Balaban J connectivity index is 2.07. The van der Waals surface area contributed by atoms with Crippen LogP contribution in [0.2, 0.25) is 5.02 Å². The van der Waals surface area contributed by atoms with Gasteiger partial charge in [0.05, 0.1) is 0 Å². The highest BCUT2D eigenvalue weighted by Gasteiger charge is 2.31. The van der Waals surface area contributed by atoms with E-state index in [1.54, 1.807) is 0 Å². The van der Waals surface area contributed by atoms with Crippen LogP contribution in [0.5, 0.6) is 0 Å². The minimum atomic E-state index is -2.99. The van der Waals surface area contributed by atoms with E-state index in [-0.39, 0.29) is 12.0 Å². The van der Waals surface area contributed by atoms with Crippen LogP contribution in [0, 0.1) is 5.92 Å². The lowest BCUT2D eigenvalue weighted by Crippen LogP contribution is -2.32. The summed E-state index contributed by atoms with van der Waals surface area (Å²) >= 11 is 6.05. The Morgan fingerprint density at radius 3 is 1.65 bits per heavy atom. The molecule has 0 aliphatic rings. The molecule has 1 N–H and O–H groups in total. The first-order chi connectivity index (χ1) is 12.5. The molecule has 1 atom stereocenters. The second-order valence-corrected chi connectivity index (χ2v) is 9.63. The van der Waals surface area contributed by atoms with Crippen molar-refractivity contribution in [2.75, 3.05) is 0 Å². The molecule has 0 heterocycles. The van der Waals surface area contributed by atoms with Gasteiger partial charge in [-0.2, -0.15) is 0 Å². The maximum Gasteiger partial charge on any atom is 0.205 e. The van der Waals surface area contributed by atoms with Crippen LogP contribution in [0.3, 0.4) is 0 Å². The van der Waals surface area contributed by atoms with Crippen LogP contribution in [0.15, 0.2) is 84.9 Å². The lowest BCUT2D eigenvalue weighted by Gasteiger charge is -2.29. The zero-order valence-electron chi connectivity index (χ0n) is 15.0. The van der Waals surface area contributed by atoms with Crippen molar-refractivity contribution in [3.05, 3.63) is 95.5 Å². The zero-order chi connectivity index (χ0) is 18.6. The van der Waals surface area contributed by atoms with Crippen molar-refractivity contribution in [2.24, 2.45) is 5.92 Å². The van der Waals surface area contributed by atoms with Crippen molar-refractivity contribution in [2.45, 2.75) is 19.9 Å². The number of halogens is 1. The van der Waals surface area contributed by atoms with E-state index in [9.17, 15) is 4.57 Å². The molecule has 1 unspecified atom stereocenters. The van der Waals surface area contributed by atoms with Crippen molar-refractivity contribution in [3.63, 3.8) is 0 Å². The third-order valence-corrected chi connectivity index (χ3v) is 7.40. The first-order valence-electron chi connectivity index (χ1n) is 8.75. The lowest BCUT2D eigenvalue weighted by atomic mass is 9.97. The molecule has 0 radical (unpaired) electrons. The van der Waals surface area contributed by atoms with Crippen molar-refractivity contribution in [3.8, 4) is 0 Å². The van der Waals surface area contributed by atoms with Crippen LogP contribution in [-0.4, -0.2) is 0 Å². The molecule has 26 heavy (non-hydrogen) atoms. The fourth-order valence-corrected chi connectivity index (χ4v) is 5.79. The molecule has 0 amide bonds. The van der Waals surface area contributed by atoms with E-state index in [2.05, 4.69) is 18.9 Å². The van der Waals surface area contributed by atoms with Gasteiger partial charge in [-0.15, -0.1) is 0 Å². The highest BCUT2D eigenvalue weighted by atomic mass is 35.5. The minimum absolute atomic E-state index is 0.0569. The van der Waals surface area contributed by atoms with Crippen LogP contribution in [0.1, 0.15) is 25.5 Å². The molecule has 0 spiro atoms. The van der Waals surface area contributed by atoms with Crippen LogP contribution < -0.4 is 15.7 Å². The SMILES string of the molecule is CC(C)C(NP(=O)(c1ccccc1)c1ccccc1)c1ccc(Cl)cc1. The fraction of sp³-hybridized carbons (Fsp3) is 0.182. The molecule has 3 rings (SSSR count). The topological polar surface area (TPSA) is 29.1 Å². The first kappa shape index (κ1) is 18.9. The van der Waals surface area contributed by atoms with E-state index in [0.717, 1.165) is 16.2 Å². The molecule has 0 aliphatic heterocycles. The Hall–Kier alpha value is -1.86. The van der Waals surface area contributed by atoms with Gasteiger partial charge in [-0.3, -0.25) is 9.65 Å². The molecular weight excluding hydrogens is 361 g/mol. The molecule has 2 nitrogen and oxygen atoms in total. The summed E-state index contributed by atoms with van der Waals surface area (Å²) in [6.45, 7) is 4.26. The summed E-state index contributed by atoms with van der Waals surface area (Å²) in [4.78, 5) is 0. The summed E-state index contributed by atoms with van der Waals surface area (Å²) in [7, 11) is -2.99. The van der Waals surface area contributed by atoms with Crippen LogP contribution >= 0.6 is 18.9 Å². The quantitative estimate of drug-likeness (QED) is 0.565. The van der Waals surface area contributed by atoms with Gasteiger partial charge in [0.25, 0.3) is 0 Å². The Morgan fingerprint density at radius 1 is 0.769 bits per heavy atom. The summed E-state index contributed by atoms with van der Waals surface area (Å²) in [6, 6.07) is 27.0. The van der Waals surface area contributed by atoms with Crippen molar-refractivity contribution in [1.29, 1.82) is 0 Å². The molecule has 0 saturated heterocycles. The molecule has 3 aromatic rings. The number of nitrogens with one attached hydrogen (secondary N) is 1. The largest absolute Gasteiger partial charge is 0.297 e. The van der Waals surface area contributed by atoms with Crippen LogP contribution in [-0.2, 0) is 4.57 Å². The second kappa shape index (κ2) is 8.22. The number of rotatable bonds is 6. The normalized spacial score (nSPS) is 12.9. The van der Waals surface area contributed by atoms with Crippen molar-refractivity contribution < 1.29 is 4.57 Å². The number of benzene rings is 3. The molecule has 0 bridgehead atoms. The third kappa shape index (κ3) is 4.10. The fourth-order valence-electron chi connectivity index (χ4n) is 3.05. The van der Waals surface area contributed by atoms with E-state index in [1.807, 2.05) is 84.9 Å². The van der Waals surface area contributed by atoms with Gasteiger partial charge in [0.2, 0.25) is 7.29 Å². The Morgan fingerprint density at radius 2 is 1.23 bits per heavy atom. The molecular formula is C22H23ClNOP. The monoisotopic (exact) mass is 383 g/mol. The number of hydrogen-bond acceptors (Lipinski definition) is 1. The van der Waals surface area contributed by atoms with E-state index >= 15 is 0 Å². The molecule has 0 aliphatic carbocycles. The van der Waals surface area contributed by atoms with Gasteiger partial charge in [0, 0.05) is 21.7 Å². The van der Waals surface area contributed by atoms with Gasteiger partial charge in [0.1, 0.15) is 0 Å². The van der Waals surface area contributed by atoms with Crippen molar-refractivity contribution >= 4 is 29.5 Å². The average Bonchev–Trinajstić information content (AvgIpc) is 2.68. The standard InChI is InChI=1S/C22H23ClNOP/c1-17(2)22(18-13-15-19(23)16-14-18)24-26(25,20-9-5-3-6-10-20)21-11-7-4-8-12-21/h3-17,22H,1-2H3,(H,24,25). The highest BCUT2D eigenvalue weighted by Crippen LogP contribution is 2.43. The summed E-state index contributed by atoms with van der Waals surface area (Å²) < 4.78 is 14.2.